The van der Waals surface area contributed by atoms with Crippen LogP contribution in [0.1, 0.15) is 107 Å². The summed E-state index contributed by atoms with van der Waals surface area (Å²) in [5.41, 5.74) is 4.29. The number of carbonyl (C=O) groups excluding carboxylic acids is 3. The van der Waals surface area contributed by atoms with Crippen molar-refractivity contribution in [3.8, 4) is 0 Å². The summed E-state index contributed by atoms with van der Waals surface area (Å²) in [7, 11) is 4.23. The molecule has 3 aliphatic heterocycles. The minimum Gasteiger partial charge on any atom is -0.304 e. The van der Waals surface area contributed by atoms with E-state index in [1.165, 1.54) is 12.1 Å². The smallest absolute Gasteiger partial charge is 0.144 e. The lowest BCUT2D eigenvalue weighted by atomic mass is 9.87. The second kappa shape index (κ2) is 27.0. The fourth-order valence-electron chi connectivity index (χ4n) is 9.06. The molecule has 0 aliphatic carbocycles. The van der Waals surface area contributed by atoms with Crippen LogP contribution >= 0.6 is 0 Å². The standard InChI is InChI=1S/C20H31FN2O.2C18H27FN2O/c1-14(2)20(24)18(17-7-6-16(5)19(21)12-17)13-22-8-10-23(11-9-22)15(3)4;2*1-13(2)18(22)16(12-21-9-7-20(4)8-10-21)15-6-5-14(3)17(19)11-15/h6-7,12,14-15,18H,8-11,13H2,1-5H3;2*5-6,11,13,16H,7-10,12H2,1-4H3/t18-;2*16-/m110/s1. The summed E-state index contributed by atoms with van der Waals surface area (Å²) in [5, 5.41) is 0. The maximum atomic E-state index is 14.0. The number of rotatable bonds is 16. The van der Waals surface area contributed by atoms with E-state index in [1.54, 1.807) is 45.0 Å². The molecule has 3 aliphatic rings. The third-order valence-electron chi connectivity index (χ3n) is 14.2. The minimum absolute atomic E-state index is 0.0400. The first-order valence-corrected chi connectivity index (χ1v) is 25.2. The van der Waals surface area contributed by atoms with Gasteiger partial charge in [0.2, 0.25) is 0 Å². The number of piperazine rings is 3. The molecule has 3 aromatic carbocycles. The fraction of sp³-hybridized carbons (Fsp3) is 0.625. The predicted octanol–water partition coefficient (Wildman–Crippen LogP) is 8.85. The highest BCUT2D eigenvalue weighted by Gasteiger charge is 2.31. The Morgan fingerprint density at radius 2 is 0.676 bits per heavy atom. The average molecular weight is 947 g/mol. The van der Waals surface area contributed by atoms with Crippen LogP contribution in [-0.2, 0) is 14.4 Å². The quantitative estimate of drug-likeness (QED) is 0.140. The first-order valence-electron chi connectivity index (χ1n) is 25.2. The Morgan fingerprint density at radius 3 is 0.897 bits per heavy atom. The van der Waals surface area contributed by atoms with Crippen molar-refractivity contribution in [1.82, 2.24) is 29.4 Å². The van der Waals surface area contributed by atoms with Crippen LogP contribution < -0.4 is 0 Å². The Labute approximate surface area is 408 Å². The molecule has 12 heteroatoms. The van der Waals surface area contributed by atoms with E-state index < -0.39 is 0 Å². The number of benzene rings is 3. The summed E-state index contributed by atoms with van der Waals surface area (Å²) >= 11 is 0. The van der Waals surface area contributed by atoms with E-state index in [9.17, 15) is 27.6 Å². The van der Waals surface area contributed by atoms with Crippen LogP contribution in [0.3, 0.4) is 0 Å². The van der Waals surface area contributed by atoms with Gasteiger partial charge in [-0.25, -0.2) is 13.2 Å². The average Bonchev–Trinajstić information content (AvgIpc) is 3.30. The van der Waals surface area contributed by atoms with E-state index in [4.69, 9.17) is 0 Å². The third-order valence-corrected chi connectivity index (χ3v) is 14.2. The van der Waals surface area contributed by atoms with E-state index in [0.29, 0.717) is 42.4 Å². The molecule has 3 heterocycles. The number of hydrogen-bond acceptors (Lipinski definition) is 9. The number of carbonyl (C=O) groups is 3. The van der Waals surface area contributed by atoms with Gasteiger partial charge in [-0.3, -0.25) is 34.0 Å². The summed E-state index contributed by atoms with van der Waals surface area (Å²) in [4.78, 5) is 52.0. The molecule has 9 nitrogen and oxygen atoms in total. The summed E-state index contributed by atoms with van der Waals surface area (Å²) < 4.78 is 41.8. The Bertz CT molecular complexity index is 1970. The fourth-order valence-corrected chi connectivity index (χ4v) is 9.06. The zero-order valence-corrected chi connectivity index (χ0v) is 43.9. The SMILES string of the molecule is Cc1ccc([C@@H](CN2CCN(C(C)C)CC2)C(=O)C(C)C)cc1F.Cc1ccc([C@@H](CN2CCN(C)CC2)C(=O)C(C)C)cc1F.Cc1ccc([C@H](CN2CCN(C)CC2)C(=O)C(C)C)cc1F. The zero-order chi connectivity index (χ0) is 50.4. The van der Waals surface area contributed by atoms with Gasteiger partial charge in [-0.2, -0.15) is 0 Å². The number of Topliss-reactive ketones (excluding diaryl/α,β-unsaturated/α-hetero) is 3. The Kier molecular flexibility index (Phi) is 22.5. The third kappa shape index (κ3) is 17.0. The van der Waals surface area contributed by atoms with Gasteiger partial charge in [-0.15, -0.1) is 0 Å². The van der Waals surface area contributed by atoms with Crippen molar-refractivity contribution in [2.75, 3.05) is 112 Å². The molecule has 378 valence electrons. The highest BCUT2D eigenvalue weighted by atomic mass is 19.1. The van der Waals surface area contributed by atoms with E-state index in [0.717, 1.165) is 95.2 Å². The second-order valence-corrected chi connectivity index (χ2v) is 21.0. The van der Waals surface area contributed by atoms with Gasteiger partial charge in [0.25, 0.3) is 0 Å². The number of aryl methyl sites for hydroxylation is 3. The van der Waals surface area contributed by atoms with Gasteiger partial charge in [0, 0.05) is 122 Å². The van der Waals surface area contributed by atoms with Gasteiger partial charge in [0.05, 0.1) is 17.8 Å². The van der Waals surface area contributed by atoms with Gasteiger partial charge in [0.15, 0.2) is 0 Å². The highest BCUT2D eigenvalue weighted by Crippen LogP contribution is 2.28. The van der Waals surface area contributed by atoms with Crippen molar-refractivity contribution in [3.05, 3.63) is 105 Å². The van der Waals surface area contributed by atoms with Crippen molar-refractivity contribution in [1.29, 1.82) is 0 Å². The zero-order valence-electron chi connectivity index (χ0n) is 43.9. The molecular weight excluding hydrogens is 862 g/mol. The van der Waals surface area contributed by atoms with Crippen molar-refractivity contribution >= 4 is 17.3 Å². The summed E-state index contributed by atoms with van der Waals surface area (Å²) in [6.45, 7) is 35.2. The molecule has 0 aromatic heterocycles. The van der Waals surface area contributed by atoms with Crippen LogP contribution in [-0.4, -0.2) is 165 Å². The van der Waals surface area contributed by atoms with Crippen molar-refractivity contribution < 1.29 is 27.6 Å². The lowest BCUT2D eigenvalue weighted by Gasteiger charge is -2.38. The molecule has 0 saturated carbocycles. The Balaban J connectivity index is 0.000000223. The number of hydrogen-bond donors (Lipinski definition) is 0. The van der Waals surface area contributed by atoms with Gasteiger partial charge in [0.1, 0.15) is 34.8 Å². The maximum Gasteiger partial charge on any atom is 0.144 e. The molecule has 0 spiro atoms. The van der Waals surface area contributed by atoms with Crippen LogP contribution in [0.5, 0.6) is 0 Å². The van der Waals surface area contributed by atoms with Crippen molar-refractivity contribution in [2.45, 2.75) is 100.0 Å². The summed E-state index contributed by atoms with van der Waals surface area (Å²) in [6.07, 6.45) is 0. The van der Waals surface area contributed by atoms with Crippen LogP contribution in [0.2, 0.25) is 0 Å². The second-order valence-electron chi connectivity index (χ2n) is 21.0. The van der Waals surface area contributed by atoms with Gasteiger partial charge in [-0.1, -0.05) is 77.9 Å². The Morgan fingerprint density at radius 1 is 0.426 bits per heavy atom. The van der Waals surface area contributed by atoms with Crippen LogP contribution in [0.4, 0.5) is 13.2 Å². The first kappa shape index (κ1) is 56.8. The van der Waals surface area contributed by atoms with Gasteiger partial charge >= 0.3 is 0 Å². The van der Waals surface area contributed by atoms with Crippen molar-refractivity contribution in [3.63, 3.8) is 0 Å². The van der Waals surface area contributed by atoms with E-state index in [-0.39, 0.29) is 70.3 Å². The summed E-state index contributed by atoms with van der Waals surface area (Å²) in [6, 6.07) is 16.2. The van der Waals surface area contributed by atoms with Crippen LogP contribution in [0.25, 0.3) is 0 Å². The number of ketones is 3. The van der Waals surface area contributed by atoms with E-state index in [1.807, 2.05) is 59.7 Å². The molecule has 0 amide bonds. The number of nitrogens with zero attached hydrogens (tertiary/aromatic N) is 6. The van der Waals surface area contributed by atoms with Gasteiger partial charge < -0.3 is 9.80 Å². The first-order chi connectivity index (χ1) is 32.1. The lowest BCUT2D eigenvalue weighted by molar-refractivity contribution is -0.124. The number of likely N-dealkylation sites (N-methyl/N-ethyl adjacent to an activating group) is 2. The molecule has 0 bridgehead atoms. The van der Waals surface area contributed by atoms with Crippen LogP contribution in [0.15, 0.2) is 54.6 Å². The molecule has 3 saturated heterocycles. The minimum atomic E-state index is -0.245. The lowest BCUT2D eigenvalue weighted by Crippen LogP contribution is -2.50. The molecule has 3 aromatic rings. The molecule has 0 unspecified atom stereocenters. The largest absolute Gasteiger partial charge is 0.304 e. The molecule has 0 N–H and O–H groups in total. The molecule has 6 rings (SSSR count). The maximum absolute atomic E-state index is 14.0. The normalized spacial score (nSPS) is 18.5. The summed E-state index contributed by atoms with van der Waals surface area (Å²) in [5.74, 6) is -0.926. The molecule has 0 radical (unpaired) electrons. The van der Waals surface area contributed by atoms with E-state index >= 15 is 0 Å². The molecule has 68 heavy (non-hydrogen) atoms. The monoisotopic (exact) mass is 947 g/mol. The van der Waals surface area contributed by atoms with Crippen molar-refractivity contribution in [2.24, 2.45) is 17.8 Å². The number of halogens is 3. The molecule has 3 fully saturated rings. The topological polar surface area (TPSA) is 70.7 Å². The highest BCUT2D eigenvalue weighted by molar-refractivity contribution is 5.88. The Hall–Kier alpha value is -3.78. The van der Waals surface area contributed by atoms with E-state index in [2.05, 4.69) is 57.3 Å². The molecule has 3 atom stereocenters. The molecular formula is C56H85F3N6O3. The van der Waals surface area contributed by atoms with Crippen LogP contribution in [0, 0.1) is 56.0 Å². The van der Waals surface area contributed by atoms with Gasteiger partial charge in [-0.05, 0) is 100 Å². The predicted molar refractivity (Wildman–Crippen MR) is 272 cm³/mol.